The molecule has 0 amide bonds. The van der Waals surface area contributed by atoms with Crippen molar-refractivity contribution in [2.24, 2.45) is 0 Å². The number of hydrogen-bond acceptors (Lipinski definition) is 6. The van der Waals surface area contributed by atoms with Gasteiger partial charge in [0.15, 0.2) is 5.13 Å². The monoisotopic (exact) mass is 444 g/mol. The number of fused-ring (bicyclic) bond motifs is 1. The number of benzene rings is 2. The van der Waals surface area contributed by atoms with Crippen molar-refractivity contribution < 1.29 is 17.9 Å². The van der Waals surface area contributed by atoms with E-state index in [0.717, 1.165) is 28.9 Å². The number of sulfonamides is 1. The summed E-state index contributed by atoms with van der Waals surface area (Å²) in [6.45, 7) is 4.85. The van der Waals surface area contributed by atoms with E-state index in [4.69, 9.17) is 9.47 Å². The summed E-state index contributed by atoms with van der Waals surface area (Å²) in [6.07, 6.45) is 2.54. The number of hydrogen-bond donors (Lipinski definition) is 0. The number of ether oxygens (including phenoxy) is 2. The van der Waals surface area contributed by atoms with Gasteiger partial charge < -0.3 is 9.47 Å². The number of aryl methyl sites for hydroxylation is 1. The molecular formula is C22H24N2O4S2. The van der Waals surface area contributed by atoms with Gasteiger partial charge in [0.1, 0.15) is 11.5 Å². The van der Waals surface area contributed by atoms with Crippen molar-refractivity contribution in [1.82, 2.24) is 4.98 Å². The van der Waals surface area contributed by atoms with Crippen LogP contribution in [-0.2, 0) is 16.6 Å². The Labute approximate surface area is 181 Å². The van der Waals surface area contributed by atoms with Crippen molar-refractivity contribution in [1.29, 1.82) is 0 Å². The number of aromatic nitrogens is 1. The summed E-state index contributed by atoms with van der Waals surface area (Å²) in [7, 11) is -2.22. The zero-order valence-corrected chi connectivity index (χ0v) is 18.8. The zero-order chi connectivity index (χ0) is 21.3. The van der Waals surface area contributed by atoms with Crippen molar-refractivity contribution in [3.05, 3.63) is 64.7 Å². The van der Waals surface area contributed by atoms with Crippen LogP contribution >= 0.6 is 11.3 Å². The average molecular weight is 445 g/mol. The predicted octanol–water partition coefficient (Wildman–Crippen LogP) is 4.74. The molecule has 0 spiro atoms. The van der Waals surface area contributed by atoms with Crippen molar-refractivity contribution in [3.8, 4) is 11.5 Å². The molecule has 0 saturated carbocycles. The first-order valence-corrected chi connectivity index (χ1v) is 12.0. The van der Waals surface area contributed by atoms with Crippen LogP contribution in [-0.4, -0.2) is 27.1 Å². The fourth-order valence-electron chi connectivity index (χ4n) is 3.56. The second-order valence-electron chi connectivity index (χ2n) is 7.36. The minimum atomic E-state index is -3.84. The molecule has 1 aliphatic heterocycles. The quantitative estimate of drug-likeness (QED) is 0.549. The molecule has 6 nitrogen and oxygen atoms in total. The van der Waals surface area contributed by atoms with E-state index >= 15 is 0 Å². The van der Waals surface area contributed by atoms with Crippen LogP contribution in [0, 0.1) is 6.92 Å². The lowest BCUT2D eigenvalue weighted by molar-refractivity contribution is 0.271. The topological polar surface area (TPSA) is 68.7 Å². The van der Waals surface area contributed by atoms with Crippen LogP contribution < -0.4 is 13.8 Å². The molecule has 0 N–H and O–H groups in total. The molecule has 2 heterocycles. The Balaban J connectivity index is 1.74. The van der Waals surface area contributed by atoms with Crippen LogP contribution in [0.1, 0.15) is 36.0 Å². The van der Waals surface area contributed by atoms with Gasteiger partial charge in [-0.3, -0.25) is 0 Å². The van der Waals surface area contributed by atoms with Crippen molar-refractivity contribution in [2.45, 2.75) is 37.6 Å². The van der Waals surface area contributed by atoms with Gasteiger partial charge in [0.25, 0.3) is 10.0 Å². The van der Waals surface area contributed by atoms with E-state index in [1.807, 2.05) is 31.2 Å². The lowest BCUT2D eigenvalue weighted by atomic mass is 9.95. The molecule has 0 radical (unpaired) electrons. The van der Waals surface area contributed by atoms with Crippen molar-refractivity contribution in [3.63, 3.8) is 0 Å². The van der Waals surface area contributed by atoms with Gasteiger partial charge in [0.2, 0.25) is 0 Å². The molecule has 3 aromatic rings. The second kappa shape index (κ2) is 8.28. The lowest BCUT2D eigenvalue weighted by Gasteiger charge is -2.26. The standard InChI is InChI=1S/C22H24N2O4S2/c1-15-8-10-28-21-13-19(6-7-20(15)21)30(25,26)24(22-23-9-11-29-22)14-17-4-5-18(27-3)12-16(17)2/h4-7,9,11-13,15H,8,10,14H2,1-3H3/t15-/m1/s1. The predicted molar refractivity (Wildman–Crippen MR) is 118 cm³/mol. The summed E-state index contributed by atoms with van der Waals surface area (Å²) >= 11 is 1.29. The Hall–Kier alpha value is -2.58. The summed E-state index contributed by atoms with van der Waals surface area (Å²) < 4.78 is 39.7. The molecule has 8 heteroatoms. The third-order valence-corrected chi connectivity index (χ3v) is 8.05. The first kappa shape index (κ1) is 20.7. The Morgan fingerprint density at radius 2 is 2.10 bits per heavy atom. The van der Waals surface area contributed by atoms with E-state index in [9.17, 15) is 8.42 Å². The van der Waals surface area contributed by atoms with Gasteiger partial charge in [-0.2, -0.15) is 0 Å². The maximum atomic E-state index is 13.6. The maximum absolute atomic E-state index is 13.6. The fraction of sp³-hybridized carbons (Fsp3) is 0.318. The van der Waals surface area contributed by atoms with E-state index in [2.05, 4.69) is 11.9 Å². The Kier molecular flexibility index (Phi) is 5.71. The molecule has 0 bridgehead atoms. The Bertz CT molecular complexity index is 1140. The molecule has 1 atom stereocenters. The Morgan fingerprint density at radius 3 is 2.80 bits per heavy atom. The number of thiazole rings is 1. The molecule has 0 fully saturated rings. The highest BCUT2D eigenvalue weighted by Gasteiger charge is 2.29. The summed E-state index contributed by atoms with van der Waals surface area (Å²) in [6, 6.07) is 10.8. The molecule has 30 heavy (non-hydrogen) atoms. The lowest BCUT2D eigenvalue weighted by Crippen LogP contribution is -2.31. The van der Waals surface area contributed by atoms with E-state index in [1.165, 1.54) is 15.6 Å². The molecule has 2 aromatic carbocycles. The smallest absolute Gasteiger partial charge is 0.266 e. The second-order valence-corrected chi connectivity index (χ2v) is 10.1. The summed E-state index contributed by atoms with van der Waals surface area (Å²) in [5, 5.41) is 2.20. The molecule has 158 valence electrons. The number of rotatable bonds is 6. The first-order chi connectivity index (χ1) is 14.4. The van der Waals surface area contributed by atoms with E-state index in [1.54, 1.807) is 30.8 Å². The normalized spacial score (nSPS) is 15.9. The van der Waals surface area contributed by atoms with Crippen molar-refractivity contribution in [2.75, 3.05) is 18.0 Å². The third-order valence-electron chi connectivity index (χ3n) is 5.41. The van der Waals surface area contributed by atoms with Crippen LogP contribution in [0.4, 0.5) is 5.13 Å². The minimum absolute atomic E-state index is 0.181. The molecule has 0 aliphatic carbocycles. The SMILES string of the molecule is COc1ccc(CN(c2nccs2)S(=O)(=O)c2ccc3c(c2)OCC[C@H]3C)c(C)c1. The van der Waals surface area contributed by atoms with Gasteiger partial charge in [-0.1, -0.05) is 19.1 Å². The van der Waals surface area contributed by atoms with Crippen LogP contribution in [0.3, 0.4) is 0 Å². The highest BCUT2D eigenvalue weighted by Crippen LogP contribution is 2.37. The Morgan fingerprint density at radius 1 is 1.27 bits per heavy atom. The molecule has 1 aromatic heterocycles. The number of anilines is 1. The molecule has 0 saturated heterocycles. The molecular weight excluding hydrogens is 420 g/mol. The largest absolute Gasteiger partial charge is 0.497 e. The molecule has 0 unspecified atom stereocenters. The van der Waals surface area contributed by atoms with Gasteiger partial charge in [-0.15, -0.1) is 11.3 Å². The van der Waals surface area contributed by atoms with Crippen LogP contribution in [0.2, 0.25) is 0 Å². The fourth-order valence-corrected chi connectivity index (χ4v) is 5.84. The summed E-state index contributed by atoms with van der Waals surface area (Å²) in [5.74, 6) is 1.73. The molecule has 1 aliphatic rings. The average Bonchev–Trinajstić information content (AvgIpc) is 3.27. The van der Waals surface area contributed by atoms with E-state index in [0.29, 0.717) is 23.4 Å². The molecule has 4 rings (SSSR count). The van der Waals surface area contributed by atoms with Gasteiger partial charge in [0, 0.05) is 17.6 Å². The van der Waals surface area contributed by atoms with Gasteiger partial charge in [-0.25, -0.2) is 17.7 Å². The third kappa shape index (κ3) is 3.89. The van der Waals surface area contributed by atoms with E-state index < -0.39 is 10.0 Å². The van der Waals surface area contributed by atoms with Gasteiger partial charge >= 0.3 is 0 Å². The zero-order valence-electron chi connectivity index (χ0n) is 17.2. The number of nitrogens with zero attached hydrogens (tertiary/aromatic N) is 2. The highest BCUT2D eigenvalue weighted by molar-refractivity contribution is 7.93. The summed E-state index contributed by atoms with van der Waals surface area (Å²) in [5.41, 5.74) is 2.89. The number of methoxy groups -OCH3 is 1. The highest BCUT2D eigenvalue weighted by atomic mass is 32.2. The first-order valence-electron chi connectivity index (χ1n) is 9.72. The van der Waals surface area contributed by atoms with Gasteiger partial charge in [-0.05, 0) is 54.2 Å². The van der Waals surface area contributed by atoms with Crippen molar-refractivity contribution >= 4 is 26.5 Å². The minimum Gasteiger partial charge on any atom is -0.497 e. The van der Waals surface area contributed by atoms with Crippen LogP contribution in [0.5, 0.6) is 11.5 Å². The van der Waals surface area contributed by atoms with Crippen LogP contribution in [0.25, 0.3) is 0 Å². The van der Waals surface area contributed by atoms with Crippen LogP contribution in [0.15, 0.2) is 52.9 Å². The van der Waals surface area contributed by atoms with Gasteiger partial charge in [0.05, 0.1) is 25.2 Å². The van der Waals surface area contributed by atoms with E-state index in [-0.39, 0.29) is 11.4 Å². The summed E-state index contributed by atoms with van der Waals surface area (Å²) in [4.78, 5) is 4.48. The maximum Gasteiger partial charge on any atom is 0.266 e.